The van der Waals surface area contributed by atoms with Crippen LogP contribution in [0.2, 0.25) is 0 Å². The van der Waals surface area contributed by atoms with Crippen molar-refractivity contribution in [3.63, 3.8) is 0 Å². The zero-order valence-corrected chi connectivity index (χ0v) is 26.9. The van der Waals surface area contributed by atoms with Crippen LogP contribution < -0.4 is 5.32 Å². The Hall–Kier alpha value is -4.24. The standard InChI is InChI=1S/C31H30N2O2.C7H8O3S/c1-35-30(34)27-24-20-33(19-22-12-6-3-7-13-22)17-16-31(25-14-8-9-15-26(25)32-28(27)31)29(33)23(24)18-21-10-4-2-5-11-21;1-6-2-4-7(5-3-6)11(8,9)10/h2-15,23-24,29H,16-20H2,1H3;2-5H,1H3,(H,8,9,10)/t23-,24-,29-,31+,33?;/m0./s1. The van der Waals surface area contributed by atoms with E-state index in [0.29, 0.717) is 12.0 Å². The maximum atomic E-state index is 13.5. The number of benzene rings is 4. The molecule has 1 spiro atoms. The molecular formula is C38H38N2O5S. The molecule has 1 N–H and O–H groups in total. The third-order valence-corrected chi connectivity index (χ3v) is 11.5. The summed E-state index contributed by atoms with van der Waals surface area (Å²) < 4.78 is 37.7. The van der Waals surface area contributed by atoms with Crippen molar-refractivity contribution in [2.24, 2.45) is 11.8 Å². The fraction of sp³-hybridized carbons (Fsp3) is 0.289. The second-order valence-electron chi connectivity index (χ2n) is 13.1. The lowest BCUT2D eigenvalue weighted by atomic mass is 9.60. The van der Waals surface area contributed by atoms with Crippen LogP contribution in [0.4, 0.5) is 5.69 Å². The number of hydrogen-bond acceptors (Lipinski definition) is 6. The predicted octanol–water partition coefficient (Wildman–Crippen LogP) is 5.97. The number of anilines is 1. The molecule has 4 aromatic rings. The monoisotopic (exact) mass is 634 g/mol. The number of carbonyl (C=O) groups is 1. The predicted molar refractivity (Wildman–Crippen MR) is 176 cm³/mol. The highest BCUT2D eigenvalue weighted by Gasteiger charge is 2.74. The molecule has 8 heteroatoms. The van der Waals surface area contributed by atoms with Crippen molar-refractivity contribution in [2.75, 3.05) is 25.5 Å². The molecule has 0 saturated carbocycles. The van der Waals surface area contributed by atoms with Gasteiger partial charge in [-0.3, -0.25) is 0 Å². The molecule has 2 fully saturated rings. The minimum atomic E-state index is -4.27. The number of aryl methyl sites for hydroxylation is 1. The third-order valence-electron chi connectivity index (χ3n) is 10.7. The fourth-order valence-electron chi connectivity index (χ4n) is 9.00. The summed E-state index contributed by atoms with van der Waals surface area (Å²) in [6.07, 6.45) is 2.05. The molecule has 5 atom stereocenters. The van der Waals surface area contributed by atoms with Gasteiger partial charge in [0, 0.05) is 29.3 Å². The van der Waals surface area contributed by atoms with Gasteiger partial charge >= 0.3 is 5.97 Å². The molecule has 0 amide bonds. The summed E-state index contributed by atoms with van der Waals surface area (Å²) in [5.41, 5.74) is 8.07. The van der Waals surface area contributed by atoms with Crippen LogP contribution >= 0.6 is 0 Å². The fourth-order valence-corrected chi connectivity index (χ4v) is 9.47. The molecule has 3 aliphatic heterocycles. The van der Waals surface area contributed by atoms with Gasteiger partial charge in [0.1, 0.15) is 22.7 Å². The van der Waals surface area contributed by atoms with E-state index < -0.39 is 10.1 Å². The number of carbonyl (C=O) groups excluding carboxylic acids is 1. The topological polar surface area (TPSA) is 95.5 Å². The van der Waals surface area contributed by atoms with Gasteiger partial charge in [0.2, 0.25) is 0 Å². The summed E-state index contributed by atoms with van der Waals surface area (Å²) in [4.78, 5) is 13.3. The average molecular weight is 635 g/mol. The van der Waals surface area contributed by atoms with Gasteiger partial charge in [0.15, 0.2) is 0 Å². The molecule has 236 valence electrons. The number of nitrogens with one attached hydrogen (secondary N) is 1. The van der Waals surface area contributed by atoms with E-state index in [2.05, 4.69) is 90.2 Å². The Kier molecular flexibility index (Phi) is 7.62. The van der Waals surface area contributed by atoms with Crippen LogP contribution in [0.25, 0.3) is 0 Å². The van der Waals surface area contributed by atoms with E-state index in [0.717, 1.165) is 59.5 Å². The van der Waals surface area contributed by atoms with Crippen molar-refractivity contribution in [3.05, 3.63) is 143 Å². The number of methoxy groups -OCH3 is 1. The first-order chi connectivity index (χ1) is 22.2. The van der Waals surface area contributed by atoms with E-state index in [1.54, 1.807) is 12.1 Å². The number of nitrogens with zero attached hydrogens (tertiary/aromatic N) is 1. The molecular weight excluding hydrogens is 596 g/mol. The molecule has 0 radical (unpaired) electrons. The first-order valence-corrected chi connectivity index (χ1v) is 17.2. The van der Waals surface area contributed by atoms with E-state index in [1.165, 1.54) is 35.9 Å². The Bertz CT molecular complexity index is 1910. The van der Waals surface area contributed by atoms with Gasteiger partial charge < -0.3 is 19.1 Å². The summed E-state index contributed by atoms with van der Waals surface area (Å²) in [5, 5.41) is 3.76. The van der Waals surface area contributed by atoms with Gasteiger partial charge in [-0.2, -0.15) is 0 Å². The maximum absolute atomic E-state index is 13.5. The molecule has 4 aliphatic rings. The van der Waals surface area contributed by atoms with Crippen LogP contribution in [0.5, 0.6) is 0 Å². The van der Waals surface area contributed by atoms with E-state index in [4.69, 9.17) is 4.74 Å². The summed E-state index contributed by atoms with van der Waals surface area (Å²) in [6.45, 7) is 4.96. The number of esters is 1. The number of hydrogen-bond donors (Lipinski definition) is 1. The van der Waals surface area contributed by atoms with Crippen LogP contribution in [0, 0.1) is 18.8 Å². The molecule has 1 unspecified atom stereocenters. The first-order valence-electron chi connectivity index (χ1n) is 15.8. The van der Waals surface area contributed by atoms with E-state index in [-0.39, 0.29) is 22.2 Å². The quantitative estimate of drug-likeness (QED) is 0.160. The maximum Gasteiger partial charge on any atom is 0.336 e. The van der Waals surface area contributed by atoms with Crippen LogP contribution in [0.1, 0.15) is 28.7 Å². The van der Waals surface area contributed by atoms with Gasteiger partial charge in [-0.05, 0) is 42.7 Å². The summed E-state index contributed by atoms with van der Waals surface area (Å²) in [7, 11) is -2.74. The Balaban J connectivity index is 0.000000263. The Morgan fingerprint density at radius 1 is 0.913 bits per heavy atom. The Morgan fingerprint density at radius 3 is 2.20 bits per heavy atom. The van der Waals surface area contributed by atoms with Crippen molar-refractivity contribution in [3.8, 4) is 0 Å². The molecule has 8 rings (SSSR count). The van der Waals surface area contributed by atoms with Crippen molar-refractivity contribution in [1.29, 1.82) is 0 Å². The van der Waals surface area contributed by atoms with Crippen molar-refractivity contribution in [1.82, 2.24) is 0 Å². The average Bonchev–Trinajstić information content (AvgIpc) is 3.64. The number of ether oxygens (including phenoxy) is 1. The number of para-hydroxylation sites is 1. The minimum absolute atomic E-state index is 0.159. The molecule has 4 aromatic carbocycles. The van der Waals surface area contributed by atoms with Gasteiger partial charge in [-0.1, -0.05) is 96.6 Å². The van der Waals surface area contributed by atoms with Crippen LogP contribution in [-0.2, 0) is 38.0 Å². The lowest BCUT2D eigenvalue weighted by Gasteiger charge is -2.43. The Labute approximate surface area is 270 Å². The number of rotatable bonds is 6. The smallest absolute Gasteiger partial charge is 0.336 e. The highest BCUT2D eigenvalue weighted by molar-refractivity contribution is 7.85. The van der Waals surface area contributed by atoms with Gasteiger partial charge in [0.05, 0.1) is 42.0 Å². The molecule has 46 heavy (non-hydrogen) atoms. The van der Waals surface area contributed by atoms with Crippen LogP contribution in [0.15, 0.2) is 125 Å². The largest absolute Gasteiger partial charge is 0.744 e. The summed E-state index contributed by atoms with van der Waals surface area (Å²) in [6, 6.07) is 36.7. The summed E-state index contributed by atoms with van der Waals surface area (Å²) in [5.74, 6) is 0.406. The van der Waals surface area contributed by atoms with E-state index >= 15 is 0 Å². The lowest BCUT2D eigenvalue weighted by molar-refractivity contribution is -0.944. The second kappa shape index (κ2) is 11.5. The molecule has 3 heterocycles. The highest BCUT2D eigenvalue weighted by Crippen LogP contribution is 2.66. The SMILES string of the molecule is COC(=O)C1=C2Nc3ccccc3[C@]23CC[N+]2(Cc4ccccc4)C[C@H]1[C@H](Cc1ccccc1)[C@@H]32.Cc1ccc(S(=O)(=O)[O-])cc1. The lowest BCUT2D eigenvalue weighted by Crippen LogP contribution is -2.55. The minimum Gasteiger partial charge on any atom is -0.744 e. The molecule has 7 nitrogen and oxygen atoms in total. The zero-order chi connectivity index (χ0) is 32.1. The number of quaternary nitrogens is 1. The molecule has 1 aliphatic carbocycles. The van der Waals surface area contributed by atoms with Crippen molar-refractivity contribution >= 4 is 21.8 Å². The zero-order valence-electron chi connectivity index (χ0n) is 26.1. The van der Waals surface area contributed by atoms with E-state index in [1.807, 2.05) is 6.92 Å². The van der Waals surface area contributed by atoms with Gasteiger partial charge in [-0.15, -0.1) is 0 Å². The molecule has 2 bridgehead atoms. The molecule has 2 saturated heterocycles. The van der Waals surface area contributed by atoms with Crippen molar-refractivity contribution in [2.45, 2.75) is 42.7 Å². The number of fused-ring (bicyclic) bond motifs is 2. The second-order valence-corrected chi connectivity index (χ2v) is 14.5. The van der Waals surface area contributed by atoms with E-state index in [9.17, 15) is 17.8 Å². The van der Waals surface area contributed by atoms with Crippen LogP contribution in [-0.4, -0.2) is 49.7 Å². The van der Waals surface area contributed by atoms with Gasteiger partial charge in [0.25, 0.3) is 0 Å². The first kappa shape index (κ1) is 30.4. The Morgan fingerprint density at radius 2 is 1.54 bits per heavy atom. The highest BCUT2D eigenvalue weighted by atomic mass is 32.2. The molecule has 0 aromatic heterocycles. The summed E-state index contributed by atoms with van der Waals surface area (Å²) >= 11 is 0. The van der Waals surface area contributed by atoms with Crippen molar-refractivity contribution < 1.29 is 27.0 Å². The normalized spacial score (nSPS) is 26.8. The van der Waals surface area contributed by atoms with Gasteiger partial charge in [-0.25, -0.2) is 13.2 Å². The third kappa shape index (κ3) is 4.96. The van der Waals surface area contributed by atoms with Crippen LogP contribution in [0.3, 0.4) is 0 Å².